The standard InChI is InChI=1S/C3H4F4O.FH/c4-2(1-8)3(5,6)7;/h2,8H,1H2;1H. The quantitative estimate of drug-likeness (QED) is 0.556. The molecule has 0 heterocycles. The third-order valence-corrected chi connectivity index (χ3v) is 0.515. The molecule has 0 rings (SSSR count). The Morgan fingerprint density at radius 3 is 1.67 bits per heavy atom. The molecule has 0 radical (unpaired) electrons. The van der Waals surface area contributed by atoms with E-state index in [0.29, 0.717) is 0 Å². The highest BCUT2D eigenvalue weighted by molar-refractivity contribution is 4.62. The maximum Gasteiger partial charge on any atom is 0.421 e. The molecule has 58 valence electrons. The van der Waals surface area contributed by atoms with Crippen LogP contribution >= 0.6 is 0 Å². The van der Waals surface area contributed by atoms with Crippen molar-refractivity contribution >= 4 is 0 Å². The summed E-state index contributed by atoms with van der Waals surface area (Å²) in [5, 5.41) is 7.58. The van der Waals surface area contributed by atoms with Gasteiger partial charge in [-0.1, -0.05) is 0 Å². The molecule has 0 bridgehead atoms. The van der Waals surface area contributed by atoms with Crippen LogP contribution in [0.15, 0.2) is 0 Å². The van der Waals surface area contributed by atoms with Gasteiger partial charge in [0.1, 0.15) is 0 Å². The van der Waals surface area contributed by atoms with Crippen LogP contribution in [0.3, 0.4) is 0 Å². The molecule has 0 spiro atoms. The fourth-order valence-corrected chi connectivity index (χ4v) is 0.104. The molecule has 0 amide bonds. The first kappa shape index (κ1) is 11.4. The van der Waals surface area contributed by atoms with Gasteiger partial charge in [-0.15, -0.1) is 0 Å². The third-order valence-electron chi connectivity index (χ3n) is 0.515. The van der Waals surface area contributed by atoms with Gasteiger partial charge in [0, 0.05) is 0 Å². The van der Waals surface area contributed by atoms with Gasteiger partial charge in [-0.25, -0.2) is 4.39 Å². The summed E-state index contributed by atoms with van der Waals surface area (Å²) in [7, 11) is 0. The van der Waals surface area contributed by atoms with Gasteiger partial charge in [-0.3, -0.25) is 4.70 Å². The Hall–Kier alpha value is -0.390. The van der Waals surface area contributed by atoms with Crippen LogP contribution < -0.4 is 0 Å². The average Bonchev–Trinajstić information content (AvgIpc) is 1.62. The highest BCUT2D eigenvalue weighted by atomic mass is 19.4. The zero-order valence-corrected chi connectivity index (χ0v) is 4.15. The number of alkyl halides is 4. The summed E-state index contributed by atoms with van der Waals surface area (Å²) in [6.07, 6.45) is -8.00. The number of aliphatic hydroxyl groups is 1. The fourth-order valence-electron chi connectivity index (χ4n) is 0.104. The van der Waals surface area contributed by atoms with Gasteiger partial charge in [-0.2, -0.15) is 13.2 Å². The molecule has 1 atom stereocenters. The summed E-state index contributed by atoms with van der Waals surface area (Å²) in [5.41, 5.74) is 0. The van der Waals surface area contributed by atoms with Crippen molar-refractivity contribution < 1.29 is 27.4 Å². The lowest BCUT2D eigenvalue weighted by Gasteiger charge is -2.07. The number of halogens is 5. The van der Waals surface area contributed by atoms with Crippen molar-refractivity contribution in [1.82, 2.24) is 0 Å². The van der Waals surface area contributed by atoms with Crippen molar-refractivity contribution in [2.75, 3.05) is 6.61 Å². The van der Waals surface area contributed by atoms with E-state index in [4.69, 9.17) is 5.11 Å². The summed E-state index contributed by atoms with van der Waals surface area (Å²) >= 11 is 0. The predicted octanol–water partition coefficient (Wildman–Crippen LogP) is 1.03. The van der Waals surface area contributed by atoms with E-state index in [-0.39, 0.29) is 4.70 Å². The van der Waals surface area contributed by atoms with Crippen molar-refractivity contribution in [1.29, 1.82) is 0 Å². The summed E-state index contributed by atoms with van der Waals surface area (Å²) in [6, 6.07) is 0. The second-order valence-corrected chi connectivity index (χ2v) is 1.19. The molecule has 0 fully saturated rings. The van der Waals surface area contributed by atoms with Gasteiger partial charge in [-0.05, 0) is 0 Å². The van der Waals surface area contributed by atoms with Gasteiger partial charge in [0.15, 0.2) is 0 Å². The summed E-state index contributed by atoms with van der Waals surface area (Å²) in [4.78, 5) is 0. The topological polar surface area (TPSA) is 20.2 Å². The van der Waals surface area contributed by atoms with Crippen LogP contribution in [0.5, 0.6) is 0 Å². The van der Waals surface area contributed by atoms with Gasteiger partial charge in [0.2, 0.25) is 6.17 Å². The highest BCUT2D eigenvalue weighted by Crippen LogP contribution is 2.21. The van der Waals surface area contributed by atoms with Crippen LogP contribution in [0.4, 0.5) is 22.3 Å². The molecule has 0 aromatic rings. The molecular weight excluding hydrogens is 147 g/mol. The van der Waals surface area contributed by atoms with Crippen molar-refractivity contribution in [2.24, 2.45) is 0 Å². The highest BCUT2D eigenvalue weighted by Gasteiger charge is 2.39. The monoisotopic (exact) mass is 152 g/mol. The van der Waals surface area contributed by atoms with Crippen LogP contribution in [-0.4, -0.2) is 24.1 Å². The number of hydrogen-bond donors (Lipinski definition) is 1. The van der Waals surface area contributed by atoms with Crippen LogP contribution in [0.1, 0.15) is 0 Å². The zero-order chi connectivity index (χ0) is 6.78. The van der Waals surface area contributed by atoms with Gasteiger partial charge in [0.25, 0.3) is 0 Å². The zero-order valence-electron chi connectivity index (χ0n) is 4.15. The predicted molar refractivity (Wildman–Crippen MR) is 20.5 cm³/mol. The molecule has 0 aliphatic carbocycles. The van der Waals surface area contributed by atoms with E-state index < -0.39 is 19.0 Å². The van der Waals surface area contributed by atoms with E-state index >= 15 is 0 Å². The van der Waals surface area contributed by atoms with Crippen molar-refractivity contribution in [3.63, 3.8) is 0 Å². The second-order valence-electron chi connectivity index (χ2n) is 1.19. The summed E-state index contributed by atoms with van der Waals surface area (Å²) in [6.45, 7) is -1.50. The van der Waals surface area contributed by atoms with Crippen LogP contribution in [0.25, 0.3) is 0 Å². The van der Waals surface area contributed by atoms with Gasteiger partial charge >= 0.3 is 6.18 Å². The Bertz CT molecular complexity index is 69.1. The number of hydrogen-bond acceptors (Lipinski definition) is 1. The van der Waals surface area contributed by atoms with Crippen LogP contribution in [0.2, 0.25) is 0 Å². The molecule has 6 heteroatoms. The van der Waals surface area contributed by atoms with Crippen LogP contribution in [-0.2, 0) is 0 Å². The van der Waals surface area contributed by atoms with E-state index in [1.165, 1.54) is 0 Å². The molecule has 0 aliphatic rings. The maximum absolute atomic E-state index is 11.3. The first-order chi connectivity index (χ1) is 3.48. The minimum atomic E-state index is -4.91. The Morgan fingerprint density at radius 1 is 1.33 bits per heavy atom. The normalized spacial score (nSPS) is 14.3. The van der Waals surface area contributed by atoms with Crippen molar-refractivity contribution in [2.45, 2.75) is 12.3 Å². The van der Waals surface area contributed by atoms with E-state index in [2.05, 4.69) is 0 Å². The van der Waals surface area contributed by atoms with Crippen LogP contribution in [0, 0.1) is 0 Å². The van der Waals surface area contributed by atoms with Gasteiger partial charge in [0.05, 0.1) is 6.61 Å². The smallest absolute Gasteiger partial charge is 0.393 e. The molecular formula is C3H5F5O. The fraction of sp³-hybridized carbons (Fsp3) is 1.00. The summed E-state index contributed by atoms with van der Waals surface area (Å²) < 4.78 is 44.0. The molecule has 0 saturated heterocycles. The summed E-state index contributed by atoms with van der Waals surface area (Å²) in [5.74, 6) is 0. The minimum Gasteiger partial charge on any atom is -0.393 e. The Balaban J connectivity index is 0. The van der Waals surface area contributed by atoms with E-state index in [1.54, 1.807) is 0 Å². The molecule has 0 aromatic heterocycles. The first-order valence-corrected chi connectivity index (χ1v) is 1.80. The number of rotatable bonds is 1. The number of aliphatic hydroxyl groups excluding tert-OH is 1. The SMILES string of the molecule is F.OCC(F)C(F)(F)F. The molecule has 1 N–H and O–H groups in total. The molecule has 0 aliphatic heterocycles. The molecule has 1 unspecified atom stereocenters. The van der Waals surface area contributed by atoms with E-state index in [1.807, 2.05) is 0 Å². The lowest BCUT2D eigenvalue weighted by Crippen LogP contribution is -2.27. The minimum absolute atomic E-state index is 0. The first-order valence-electron chi connectivity index (χ1n) is 1.80. The van der Waals surface area contributed by atoms with E-state index in [0.717, 1.165) is 0 Å². The van der Waals surface area contributed by atoms with E-state index in [9.17, 15) is 17.6 Å². The second kappa shape index (κ2) is 3.60. The molecule has 0 saturated carbocycles. The third kappa shape index (κ3) is 4.14. The molecule has 9 heavy (non-hydrogen) atoms. The Labute approximate surface area is 47.7 Å². The lowest BCUT2D eigenvalue weighted by molar-refractivity contribution is -0.189. The molecule has 0 aromatic carbocycles. The van der Waals surface area contributed by atoms with Gasteiger partial charge < -0.3 is 5.11 Å². The molecule has 1 nitrogen and oxygen atoms in total. The van der Waals surface area contributed by atoms with Crippen molar-refractivity contribution in [3.05, 3.63) is 0 Å². The Morgan fingerprint density at radius 2 is 1.67 bits per heavy atom. The Kier molecular flexibility index (Phi) is 4.57. The maximum atomic E-state index is 11.3. The average molecular weight is 152 g/mol. The largest absolute Gasteiger partial charge is 0.421 e. The van der Waals surface area contributed by atoms with Crippen molar-refractivity contribution in [3.8, 4) is 0 Å². The lowest BCUT2D eigenvalue weighted by atomic mass is 10.4.